The van der Waals surface area contributed by atoms with E-state index < -0.39 is 0 Å². The molecule has 0 N–H and O–H groups in total. The Bertz CT molecular complexity index is 674. The molecule has 1 aromatic carbocycles. The van der Waals surface area contributed by atoms with Gasteiger partial charge in [0.05, 0.1) is 0 Å². The standard InChI is InChI=1S/C17H17N2.HI/c1-18-12-6-5-8-15(18)13-16-11-10-14-7-3-4-9-17(14)19(16)2;/h3-13H,1-2H3;1H/q+1;/p-1. The molecular formula is C17H17IN2. The van der Waals surface area contributed by atoms with Crippen LogP contribution in [0.5, 0.6) is 0 Å². The summed E-state index contributed by atoms with van der Waals surface area (Å²) in [7, 11) is 4.17. The van der Waals surface area contributed by atoms with Crippen LogP contribution in [-0.4, -0.2) is 7.05 Å². The number of hydrogen-bond donors (Lipinski definition) is 0. The van der Waals surface area contributed by atoms with Crippen LogP contribution in [0.3, 0.4) is 0 Å². The second-order valence-electron chi connectivity index (χ2n) is 4.76. The molecule has 102 valence electrons. The number of rotatable bonds is 1. The lowest BCUT2D eigenvalue weighted by Gasteiger charge is -2.25. The minimum Gasteiger partial charge on any atom is -1.00 e. The van der Waals surface area contributed by atoms with Crippen LogP contribution in [0.1, 0.15) is 11.3 Å². The van der Waals surface area contributed by atoms with Crippen molar-refractivity contribution in [3.63, 3.8) is 0 Å². The molecule has 0 amide bonds. The summed E-state index contributed by atoms with van der Waals surface area (Å²) in [6, 6.07) is 14.7. The average molecular weight is 376 g/mol. The van der Waals surface area contributed by atoms with Crippen LogP contribution in [0.2, 0.25) is 0 Å². The number of halogens is 1. The Balaban J connectivity index is 0.00000147. The zero-order valence-corrected chi connectivity index (χ0v) is 13.8. The van der Waals surface area contributed by atoms with Gasteiger partial charge in [0.15, 0.2) is 6.20 Å². The number of allylic oxidation sites excluding steroid dienone is 1. The van der Waals surface area contributed by atoms with Gasteiger partial charge in [-0.25, -0.2) is 4.57 Å². The number of para-hydroxylation sites is 1. The SMILES string of the molecule is CN1/C(=C/c2cccc[n+]2C)C=Cc2ccccc21.[I-]. The molecule has 3 heteroatoms. The van der Waals surface area contributed by atoms with E-state index in [0.717, 1.165) is 0 Å². The number of benzene rings is 1. The quantitative estimate of drug-likeness (QED) is 0.503. The fourth-order valence-electron chi connectivity index (χ4n) is 2.34. The predicted molar refractivity (Wildman–Crippen MR) is 79.5 cm³/mol. The number of fused-ring (bicyclic) bond motifs is 1. The third kappa shape index (κ3) is 2.77. The highest BCUT2D eigenvalue weighted by atomic mass is 127. The van der Waals surface area contributed by atoms with Gasteiger partial charge < -0.3 is 28.9 Å². The number of anilines is 1. The number of aryl methyl sites for hydroxylation is 1. The van der Waals surface area contributed by atoms with Crippen LogP contribution in [-0.2, 0) is 7.05 Å². The molecule has 0 unspecified atom stereocenters. The first-order valence-electron chi connectivity index (χ1n) is 6.43. The van der Waals surface area contributed by atoms with Crippen molar-refractivity contribution in [3.05, 3.63) is 71.7 Å². The normalized spacial score (nSPS) is 14.9. The highest BCUT2D eigenvalue weighted by molar-refractivity contribution is 5.78. The number of pyridine rings is 1. The summed E-state index contributed by atoms with van der Waals surface area (Å²) >= 11 is 0. The summed E-state index contributed by atoms with van der Waals surface area (Å²) in [4.78, 5) is 2.22. The van der Waals surface area contributed by atoms with Crippen LogP contribution in [0.4, 0.5) is 5.69 Å². The van der Waals surface area contributed by atoms with E-state index in [1.54, 1.807) is 0 Å². The van der Waals surface area contributed by atoms with Gasteiger partial charge in [0, 0.05) is 36.6 Å². The van der Waals surface area contributed by atoms with Gasteiger partial charge in [-0.15, -0.1) is 0 Å². The van der Waals surface area contributed by atoms with E-state index in [4.69, 9.17) is 0 Å². The van der Waals surface area contributed by atoms with Crippen molar-refractivity contribution in [2.45, 2.75) is 0 Å². The summed E-state index contributed by atoms with van der Waals surface area (Å²) in [6.07, 6.45) is 8.60. The van der Waals surface area contributed by atoms with Crippen molar-refractivity contribution < 1.29 is 28.5 Å². The summed E-state index contributed by atoms with van der Waals surface area (Å²) in [5, 5.41) is 0. The molecule has 3 rings (SSSR count). The summed E-state index contributed by atoms with van der Waals surface area (Å²) < 4.78 is 2.12. The lowest BCUT2D eigenvalue weighted by atomic mass is 10.1. The van der Waals surface area contributed by atoms with E-state index in [-0.39, 0.29) is 24.0 Å². The molecule has 0 atom stereocenters. The molecule has 0 aliphatic carbocycles. The van der Waals surface area contributed by atoms with E-state index in [2.05, 4.69) is 84.4 Å². The second-order valence-corrected chi connectivity index (χ2v) is 4.76. The fraction of sp³-hybridized carbons (Fsp3) is 0.118. The summed E-state index contributed by atoms with van der Waals surface area (Å²) in [5.41, 5.74) is 4.89. The lowest BCUT2D eigenvalue weighted by molar-refractivity contribution is -0.673. The molecule has 2 nitrogen and oxygen atoms in total. The van der Waals surface area contributed by atoms with Crippen LogP contribution < -0.4 is 33.4 Å². The number of likely N-dealkylation sites (N-methyl/N-ethyl adjacent to an activating group) is 1. The minimum atomic E-state index is 0. The van der Waals surface area contributed by atoms with E-state index in [1.807, 2.05) is 6.07 Å². The maximum absolute atomic E-state index is 2.22. The molecule has 0 radical (unpaired) electrons. The van der Waals surface area contributed by atoms with Crippen molar-refractivity contribution in [1.82, 2.24) is 0 Å². The summed E-state index contributed by atoms with van der Waals surface area (Å²) in [6.45, 7) is 0. The smallest absolute Gasteiger partial charge is 0.207 e. The van der Waals surface area contributed by atoms with Crippen molar-refractivity contribution in [2.24, 2.45) is 7.05 Å². The number of nitrogens with zero attached hydrogens (tertiary/aromatic N) is 2. The summed E-state index contributed by atoms with van der Waals surface area (Å²) in [5.74, 6) is 0. The topological polar surface area (TPSA) is 7.12 Å². The van der Waals surface area contributed by atoms with Crippen LogP contribution >= 0.6 is 0 Å². The highest BCUT2D eigenvalue weighted by Crippen LogP contribution is 2.29. The Morgan fingerprint density at radius 1 is 1.00 bits per heavy atom. The maximum Gasteiger partial charge on any atom is 0.207 e. The fourth-order valence-corrected chi connectivity index (χ4v) is 2.34. The zero-order chi connectivity index (χ0) is 13.2. The van der Waals surface area contributed by atoms with E-state index >= 15 is 0 Å². The molecule has 2 heterocycles. The third-order valence-electron chi connectivity index (χ3n) is 3.51. The lowest BCUT2D eigenvalue weighted by Crippen LogP contribution is -3.00. The van der Waals surface area contributed by atoms with Gasteiger partial charge in [0.2, 0.25) is 5.69 Å². The molecule has 1 aliphatic heterocycles. The first kappa shape index (κ1) is 14.8. The minimum absolute atomic E-state index is 0. The molecule has 20 heavy (non-hydrogen) atoms. The van der Waals surface area contributed by atoms with Gasteiger partial charge >= 0.3 is 0 Å². The van der Waals surface area contributed by atoms with Crippen LogP contribution in [0.15, 0.2) is 60.4 Å². The maximum atomic E-state index is 2.22. The van der Waals surface area contributed by atoms with Gasteiger partial charge in [-0.1, -0.05) is 24.3 Å². The molecule has 0 saturated heterocycles. The third-order valence-corrected chi connectivity index (χ3v) is 3.51. The molecule has 1 aliphatic rings. The van der Waals surface area contributed by atoms with E-state index in [0.29, 0.717) is 0 Å². The molecular weight excluding hydrogens is 359 g/mol. The number of aromatic nitrogens is 1. The van der Waals surface area contributed by atoms with Crippen molar-refractivity contribution in [1.29, 1.82) is 0 Å². The number of hydrogen-bond acceptors (Lipinski definition) is 1. The Labute approximate surface area is 137 Å². The van der Waals surface area contributed by atoms with Gasteiger partial charge in [-0.2, -0.15) is 0 Å². The van der Waals surface area contributed by atoms with Crippen molar-refractivity contribution in [3.8, 4) is 0 Å². The Hall–Kier alpha value is -1.62. The van der Waals surface area contributed by atoms with Gasteiger partial charge in [0.25, 0.3) is 0 Å². The Kier molecular flexibility index (Phi) is 4.60. The molecule has 0 fully saturated rings. The molecule has 0 bridgehead atoms. The van der Waals surface area contributed by atoms with Gasteiger partial charge in [0.1, 0.15) is 7.05 Å². The van der Waals surface area contributed by atoms with E-state index in [1.165, 1.54) is 22.6 Å². The average Bonchev–Trinajstić information content (AvgIpc) is 2.44. The highest BCUT2D eigenvalue weighted by Gasteiger charge is 2.14. The van der Waals surface area contributed by atoms with Gasteiger partial charge in [-0.05, 0) is 23.8 Å². The van der Waals surface area contributed by atoms with Crippen molar-refractivity contribution in [2.75, 3.05) is 11.9 Å². The molecule has 2 aromatic rings. The first-order chi connectivity index (χ1) is 9.25. The van der Waals surface area contributed by atoms with E-state index in [9.17, 15) is 0 Å². The Morgan fingerprint density at radius 2 is 1.75 bits per heavy atom. The zero-order valence-electron chi connectivity index (χ0n) is 11.6. The second kappa shape index (κ2) is 6.22. The van der Waals surface area contributed by atoms with Crippen LogP contribution in [0, 0.1) is 0 Å². The van der Waals surface area contributed by atoms with Gasteiger partial charge in [-0.3, -0.25) is 0 Å². The molecule has 0 spiro atoms. The largest absolute Gasteiger partial charge is 1.00 e. The monoisotopic (exact) mass is 376 g/mol. The molecule has 0 saturated carbocycles. The first-order valence-corrected chi connectivity index (χ1v) is 6.43. The van der Waals surface area contributed by atoms with Crippen molar-refractivity contribution >= 4 is 17.8 Å². The van der Waals surface area contributed by atoms with Crippen LogP contribution in [0.25, 0.3) is 12.2 Å². The Morgan fingerprint density at radius 3 is 2.55 bits per heavy atom. The molecule has 1 aromatic heterocycles. The predicted octanol–water partition coefficient (Wildman–Crippen LogP) is 0.0192.